The lowest BCUT2D eigenvalue weighted by atomic mass is 9.30. The highest BCUT2D eigenvalue weighted by Gasteiger charge is 2.62. The van der Waals surface area contributed by atoms with Crippen LogP contribution in [-0.2, 0) is 0 Å². The second-order valence-electron chi connectivity index (χ2n) is 10.7. The smallest absolute Gasteiger partial charge is 0.195 e. The Bertz CT molecular complexity index is 428. The van der Waals surface area contributed by atoms with Gasteiger partial charge in [0.15, 0.2) is 0 Å². The molecule has 2 heteroatoms. The van der Waals surface area contributed by atoms with E-state index in [1.165, 1.54) is 25.7 Å². The molecule has 124 valence electrons. The Balaban J connectivity index is 1.49. The summed E-state index contributed by atoms with van der Waals surface area (Å²) in [5.41, 5.74) is 1.18. The highest BCUT2D eigenvalue weighted by Crippen LogP contribution is 2.69. The third-order valence-electron chi connectivity index (χ3n) is 9.64. The van der Waals surface area contributed by atoms with Crippen molar-refractivity contribution in [3.63, 3.8) is 0 Å². The van der Waals surface area contributed by atoms with Crippen molar-refractivity contribution >= 4 is 17.6 Å². The molecule has 6 fully saturated rings. The van der Waals surface area contributed by atoms with Gasteiger partial charge >= 0.3 is 0 Å². The van der Waals surface area contributed by atoms with E-state index in [2.05, 4.69) is 41.5 Å². The van der Waals surface area contributed by atoms with Crippen molar-refractivity contribution in [1.29, 1.82) is 0 Å². The van der Waals surface area contributed by atoms with Crippen molar-refractivity contribution in [3.05, 3.63) is 0 Å². The standard InChI is InChI=1S/C20H34BCl/c1-11-15-7-13(19(15,3)4)9-17(11)21(22)18-10-14-8-16(12(18)2)20(14,5)6/h11-18H,7-10H2,1-6H3/t11-,12-,13?,14?,15-,16-,17-,18-/m0/s1. The van der Waals surface area contributed by atoms with Gasteiger partial charge in [0.05, 0.1) is 0 Å². The van der Waals surface area contributed by atoms with Crippen molar-refractivity contribution in [2.24, 2.45) is 46.3 Å². The average molecular weight is 321 g/mol. The normalized spacial score (nSPS) is 54.1. The number of fused-ring (bicyclic) bond motifs is 4. The minimum atomic E-state index is 0.438. The molecule has 6 aliphatic rings. The van der Waals surface area contributed by atoms with Crippen LogP contribution in [0.15, 0.2) is 0 Å². The molecule has 0 amide bonds. The van der Waals surface area contributed by atoms with E-state index in [1.807, 2.05) is 0 Å². The summed E-state index contributed by atoms with van der Waals surface area (Å²) in [6.45, 7) is 15.0. The molecule has 0 radical (unpaired) electrons. The summed E-state index contributed by atoms with van der Waals surface area (Å²) in [6, 6.07) is 0. The van der Waals surface area contributed by atoms with E-state index < -0.39 is 0 Å². The van der Waals surface area contributed by atoms with E-state index in [0.29, 0.717) is 17.0 Å². The van der Waals surface area contributed by atoms with Crippen molar-refractivity contribution in [2.75, 3.05) is 0 Å². The molecule has 0 nitrogen and oxygen atoms in total. The number of hydrogen-bond acceptors (Lipinski definition) is 0. The van der Waals surface area contributed by atoms with E-state index in [-0.39, 0.29) is 0 Å². The molecule has 0 N–H and O–H groups in total. The monoisotopic (exact) mass is 320 g/mol. The van der Waals surface area contributed by atoms with Crippen LogP contribution in [0.3, 0.4) is 0 Å². The zero-order valence-corrected chi connectivity index (χ0v) is 16.2. The molecule has 0 aromatic carbocycles. The van der Waals surface area contributed by atoms with Gasteiger partial charge in [-0.1, -0.05) is 54.4 Å². The third kappa shape index (κ3) is 1.84. The van der Waals surface area contributed by atoms with Crippen molar-refractivity contribution in [2.45, 2.75) is 78.9 Å². The van der Waals surface area contributed by atoms with Gasteiger partial charge in [-0.15, -0.1) is 0 Å². The second kappa shape index (κ2) is 4.71. The van der Waals surface area contributed by atoms with Gasteiger partial charge in [-0.2, -0.15) is 11.5 Å². The van der Waals surface area contributed by atoms with Crippen molar-refractivity contribution in [3.8, 4) is 0 Å². The highest BCUT2D eigenvalue weighted by molar-refractivity contribution is 7.08. The van der Waals surface area contributed by atoms with Gasteiger partial charge in [-0.3, -0.25) is 0 Å². The van der Waals surface area contributed by atoms with E-state index in [0.717, 1.165) is 47.1 Å². The maximum atomic E-state index is 7.19. The number of rotatable bonds is 2. The van der Waals surface area contributed by atoms with Crippen LogP contribution in [0.25, 0.3) is 0 Å². The SMILES string of the molecule is C[C@@H]1[C@@H](B(Cl)[C@H]2CC3C[C@@H]([C@@H]2C)C3(C)C)CC2C[C@@H]1C2(C)C. The molecule has 2 unspecified atom stereocenters. The van der Waals surface area contributed by atoms with Gasteiger partial charge in [0.25, 0.3) is 6.13 Å². The van der Waals surface area contributed by atoms with E-state index in [4.69, 9.17) is 11.5 Å². The lowest BCUT2D eigenvalue weighted by molar-refractivity contribution is -0.106. The zero-order chi connectivity index (χ0) is 16.0. The molecule has 8 atom stereocenters. The quantitative estimate of drug-likeness (QED) is 0.519. The Morgan fingerprint density at radius 2 is 1.09 bits per heavy atom. The Morgan fingerprint density at radius 3 is 1.36 bits per heavy atom. The molecule has 6 aliphatic carbocycles. The van der Waals surface area contributed by atoms with Gasteiger partial charge in [0.2, 0.25) is 0 Å². The predicted molar refractivity (Wildman–Crippen MR) is 97.4 cm³/mol. The summed E-state index contributed by atoms with van der Waals surface area (Å²) in [5.74, 6) is 7.00. The summed E-state index contributed by atoms with van der Waals surface area (Å²) in [4.78, 5) is 0. The van der Waals surface area contributed by atoms with Crippen LogP contribution in [0.2, 0.25) is 11.6 Å². The first-order valence-corrected chi connectivity index (χ1v) is 10.2. The summed E-state index contributed by atoms with van der Waals surface area (Å²) in [5, 5.41) is 0. The fraction of sp³-hybridized carbons (Fsp3) is 1.00. The average Bonchev–Trinajstić information content (AvgIpc) is 2.45. The van der Waals surface area contributed by atoms with Crippen LogP contribution >= 0.6 is 11.5 Å². The minimum absolute atomic E-state index is 0.438. The summed E-state index contributed by atoms with van der Waals surface area (Å²) in [6.07, 6.45) is 6.20. The zero-order valence-electron chi connectivity index (χ0n) is 15.4. The van der Waals surface area contributed by atoms with Crippen LogP contribution in [0.4, 0.5) is 0 Å². The molecule has 6 saturated carbocycles. The van der Waals surface area contributed by atoms with E-state index >= 15 is 0 Å². The van der Waals surface area contributed by atoms with Gasteiger partial charge < -0.3 is 0 Å². The van der Waals surface area contributed by atoms with Crippen LogP contribution in [0.1, 0.15) is 67.2 Å². The summed E-state index contributed by atoms with van der Waals surface area (Å²) in [7, 11) is 0. The molecular weight excluding hydrogens is 286 g/mol. The molecular formula is C20H34BCl. The molecule has 0 heterocycles. The number of halogens is 1. The maximum absolute atomic E-state index is 7.19. The van der Waals surface area contributed by atoms with Gasteiger partial charge in [0, 0.05) is 0 Å². The second-order valence-corrected chi connectivity index (χ2v) is 11.2. The van der Waals surface area contributed by atoms with Crippen LogP contribution in [0.5, 0.6) is 0 Å². The molecule has 0 saturated heterocycles. The highest BCUT2D eigenvalue weighted by atomic mass is 35.5. The minimum Gasteiger partial charge on any atom is -0.195 e. The molecule has 0 aliphatic heterocycles. The van der Waals surface area contributed by atoms with Crippen LogP contribution < -0.4 is 0 Å². The fourth-order valence-corrected chi connectivity index (χ4v) is 8.20. The molecule has 6 rings (SSSR count). The lowest BCUT2D eigenvalue weighted by Crippen LogP contribution is -2.58. The van der Waals surface area contributed by atoms with Crippen LogP contribution in [0, 0.1) is 46.3 Å². The van der Waals surface area contributed by atoms with E-state index in [1.54, 1.807) is 0 Å². The number of hydrogen-bond donors (Lipinski definition) is 0. The Labute approximate surface area is 143 Å². The predicted octanol–water partition coefficient (Wildman–Crippen LogP) is 6.36. The summed E-state index contributed by atoms with van der Waals surface area (Å²) < 4.78 is 0. The van der Waals surface area contributed by atoms with Crippen molar-refractivity contribution < 1.29 is 0 Å². The van der Waals surface area contributed by atoms with Gasteiger partial charge in [-0.05, 0) is 70.8 Å². The Hall–Kier alpha value is 0.355. The van der Waals surface area contributed by atoms with Gasteiger partial charge in [-0.25, -0.2) is 0 Å². The third-order valence-corrected chi connectivity index (χ3v) is 10.3. The van der Waals surface area contributed by atoms with Crippen molar-refractivity contribution in [1.82, 2.24) is 0 Å². The Morgan fingerprint density at radius 1 is 0.727 bits per heavy atom. The van der Waals surface area contributed by atoms with E-state index in [9.17, 15) is 0 Å². The fourth-order valence-electron chi connectivity index (χ4n) is 7.54. The first-order chi connectivity index (χ1) is 10.2. The first kappa shape index (κ1) is 15.9. The summed E-state index contributed by atoms with van der Waals surface area (Å²) >= 11 is 7.19. The topological polar surface area (TPSA) is 0 Å². The Kier molecular flexibility index (Phi) is 3.39. The largest absolute Gasteiger partial charge is 0.257 e. The van der Waals surface area contributed by atoms with Crippen LogP contribution in [-0.4, -0.2) is 6.13 Å². The molecule has 0 aromatic heterocycles. The molecule has 4 bridgehead atoms. The molecule has 22 heavy (non-hydrogen) atoms. The molecule has 0 aromatic rings. The molecule has 0 spiro atoms. The maximum Gasteiger partial charge on any atom is 0.257 e. The van der Waals surface area contributed by atoms with Gasteiger partial charge in [0.1, 0.15) is 0 Å². The first-order valence-electron chi connectivity index (χ1n) is 9.79. The lowest BCUT2D eigenvalue weighted by Gasteiger charge is -2.65.